The lowest BCUT2D eigenvalue weighted by atomic mass is 10.0. The van der Waals surface area contributed by atoms with Crippen LogP contribution in [-0.2, 0) is 6.18 Å². The van der Waals surface area contributed by atoms with Crippen molar-refractivity contribution in [3.8, 4) is 0 Å². The highest BCUT2D eigenvalue weighted by Gasteiger charge is 2.31. The van der Waals surface area contributed by atoms with Crippen molar-refractivity contribution in [1.29, 1.82) is 0 Å². The molecule has 0 spiro atoms. The first-order valence-electron chi connectivity index (χ1n) is 7.50. The standard InChI is InChI=1S/C17H18F3N3O/c1-4-23(16(24)15-10-21-11(2)9-22-15)12(3)13-6-5-7-14(8-13)17(18,19)20/h5-10,12H,4H2,1-3H3/t12-/m0/s1. The van der Waals surface area contributed by atoms with Gasteiger partial charge in [0.25, 0.3) is 5.91 Å². The molecule has 1 amide bonds. The molecule has 0 N–H and O–H groups in total. The van der Waals surface area contributed by atoms with E-state index in [0.717, 1.165) is 12.1 Å². The molecule has 0 aliphatic carbocycles. The summed E-state index contributed by atoms with van der Waals surface area (Å²) in [6, 6.07) is 4.49. The number of hydrogen-bond donors (Lipinski definition) is 0. The molecule has 1 aromatic heterocycles. The van der Waals surface area contributed by atoms with Crippen LogP contribution in [0.1, 0.15) is 47.2 Å². The van der Waals surface area contributed by atoms with E-state index in [0.29, 0.717) is 17.8 Å². The predicted octanol–water partition coefficient (Wildman–Crippen LogP) is 4.03. The average Bonchev–Trinajstić information content (AvgIpc) is 2.55. The third-order valence-electron chi connectivity index (χ3n) is 3.77. The minimum atomic E-state index is -4.42. The fourth-order valence-electron chi connectivity index (χ4n) is 2.40. The summed E-state index contributed by atoms with van der Waals surface area (Å²) in [5.41, 5.74) is 0.535. The first-order valence-corrected chi connectivity index (χ1v) is 7.50. The Kier molecular flexibility index (Phi) is 5.21. The van der Waals surface area contributed by atoms with Crippen LogP contribution in [0.3, 0.4) is 0 Å². The maximum absolute atomic E-state index is 12.9. The summed E-state index contributed by atoms with van der Waals surface area (Å²) in [6.45, 7) is 5.55. The van der Waals surface area contributed by atoms with Gasteiger partial charge in [-0.05, 0) is 38.5 Å². The van der Waals surface area contributed by atoms with Gasteiger partial charge in [-0.25, -0.2) is 4.98 Å². The van der Waals surface area contributed by atoms with Crippen LogP contribution in [-0.4, -0.2) is 27.3 Å². The molecule has 0 saturated carbocycles. The summed E-state index contributed by atoms with van der Waals surface area (Å²) >= 11 is 0. The van der Waals surface area contributed by atoms with Gasteiger partial charge in [0.15, 0.2) is 0 Å². The molecule has 4 nitrogen and oxygen atoms in total. The van der Waals surface area contributed by atoms with E-state index in [1.165, 1.54) is 23.4 Å². The number of aromatic nitrogens is 2. The summed E-state index contributed by atoms with van der Waals surface area (Å²) in [4.78, 5) is 22.1. The first kappa shape index (κ1) is 17.9. The Morgan fingerprint density at radius 2 is 1.96 bits per heavy atom. The van der Waals surface area contributed by atoms with Crippen LogP contribution in [0, 0.1) is 6.92 Å². The molecular weight excluding hydrogens is 319 g/mol. The second-order valence-corrected chi connectivity index (χ2v) is 5.43. The van der Waals surface area contributed by atoms with Crippen molar-refractivity contribution >= 4 is 5.91 Å². The quantitative estimate of drug-likeness (QED) is 0.846. The largest absolute Gasteiger partial charge is 0.416 e. The van der Waals surface area contributed by atoms with E-state index in [9.17, 15) is 18.0 Å². The molecule has 1 aromatic carbocycles. The van der Waals surface area contributed by atoms with Gasteiger partial charge in [0.1, 0.15) is 5.69 Å². The van der Waals surface area contributed by atoms with Gasteiger partial charge in [-0.15, -0.1) is 0 Å². The van der Waals surface area contributed by atoms with Crippen molar-refractivity contribution in [2.45, 2.75) is 33.0 Å². The van der Waals surface area contributed by atoms with Crippen molar-refractivity contribution in [1.82, 2.24) is 14.9 Å². The Hall–Kier alpha value is -2.44. The van der Waals surface area contributed by atoms with Gasteiger partial charge in [-0.1, -0.05) is 12.1 Å². The third-order valence-corrected chi connectivity index (χ3v) is 3.77. The van der Waals surface area contributed by atoms with E-state index in [-0.39, 0.29) is 11.6 Å². The number of nitrogens with zero attached hydrogens (tertiary/aromatic N) is 3. The lowest BCUT2D eigenvalue weighted by Crippen LogP contribution is -2.34. The highest BCUT2D eigenvalue weighted by Crippen LogP contribution is 2.32. The van der Waals surface area contributed by atoms with Gasteiger partial charge in [-0.2, -0.15) is 13.2 Å². The number of alkyl halides is 3. The van der Waals surface area contributed by atoms with Crippen LogP contribution >= 0.6 is 0 Å². The number of amides is 1. The molecule has 0 aliphatic heterocycles. The van der Waals surface area contributed by atoms with Crippen molar-refractivity contribution in [3.05, 3.63) is 59.2 Å². The van der Waals surface area contributed by atoms with Crippen LogP contribution in [0.2, 0.25) is 0 Å². The van der Waals surface area contributed by atoms with Gasteiger partial charge in [0, 0.05) is 12.7 Å². The van der Waals surface area contributed by atoms with Crippen LogP contribution in [0.15, 0.2) is 36.7 Å². The Balaban J connectivity index is 2.30. The van der Waals surface area contributed by atoms with Crippen molar-refractivity contribution in [2.75, 3.05) is 6.54 Å². The molecule has 0 unspecified atom stereocenters. The van der Waals surface area contributed by atoms with Crippen molar-refractivity contribution in [3.63, 3.8) is 0 Å². The predicted molar refractivity (Wildman–Crippen MR) is 83.3 cm³/mol. The molecule has 128 valence electrons. The summed E-state index contributed by atoms with van der Waals surface area (Å²) in [5, 5.41) is 0. The summed E-state index contributed by atoms with van der Waals surface area (Å²) in [7, 11) is 0. The maximum atomic E-state index is 12.9. The van der Waals surface area contributed by atoms with Crippen molar-refractivity contribution < 1.29 is 18.0 Å². The van der Waals surface area contributed by atoms with E-state index < -0.39 is 17.8 Å². The molecule has 2 aromatic rings. The van der Waals surface area contributed by atoms with Gasteiger partial charge in [0.2, 0.25) is 0 Å². The van der Waals surface area contributed by atoms with Crippen LogP contribution < -0.4 is 0 Å². The zero-order valence-electron chi connectivity index (χ0n) is 13.6. The van der Waals surface area contributed by atoms with Crippen molar-refractivity contribution in [2.24, 2.45) is 0 Å². The highest BCUT2D eigenvalue weighted by atomic mass is 19.4. The van der Waals surface area contributed by atoms with Gasteiger partial charge in [0.05, 0.1) is 23.5 Å². The minimum Gasteiger partial charge on any atom is -0.331 e. The Morgan fingerprint density at radius 1 is 1.25 bits per heavy atom. The van der Waals surface area contributed by atoms with Crippen LogP contribution in [0.4, 0.5) is 13.2 Å². The Morgan fingerprint density at radius 3 is 2.50 bits per heavy atom. The number of carbonyl (C=O) groups excluding carboxylic acids is 1. The monoisotopic (exact) mass is 337 g/mol. The fourth-order valence-corrected chi connectivity index (χ4v) is 2.40. The molecular formula is C17H18F3N3O. The molecule has 1 heterocycles. The van der Waals surface area contributed by atoms with Crippen LogP contribution in [0.5, 0.6) is 0 Å². The number of benzene rings is 1. The number of hydrogen-bond acceptors (Lipinski definition) is 3. The van der Waals surface area contributed by atoms with E-state index in [1.54, 1.807) is 26.8 Å². The smallest absolute Gasteiger partial charge is 0.331 e. The van der Waals surface area contributed by atoms with Crippen LogP contribution in [0.25, 0.3) is 0 Å². The number of halogens is 3. The first-order chi connectivity index (χ1) is 11.2. The van der Waals surface area contributed by atoms with E-state index >= 15 is 0 Å². The van der Waals surface area contributed by atoms with Gasteiger partial charge < -0.3 is 4.90 Å². The molecule has 0 saturated heterocycles. The second-order valence-electron chi connectivity index (χ2n) is 5.43. The topological polar surface area (TPSA) is 46.1 Å². The molecule has 24 heavy (non-hydrogen) atoms. The Labute approximate surface area is 138 Å². The van der Waals surface area contributed by atoms with E-state index in [1.807, 2.05) is 0 Å². The maximum Gasteiger partial charge on any atom is 0.416 e. The molecule has 0 bridgehead atoms. The molecule has 0 radical (unpaired) electrons. The zero-order chi connectivity index (χ0) is 17.9. The minimum absolute atomic E-state index is 0.168. The summed E-state index contributed by atoms with van der Waals surface area (Å²) in [6.07, 6.45) is -1.56. The molecule has 7 heteroatoms. The third kappa shape index (κ3) is 3.90. The molecule has 1 atom stereocenters. The van der Waals surface area contributed by atoms with Gasteiger partial charge in [-0.3, -0.25) is 9.78 Å². The fraction of sp³-hybridized carbons (Fsp3) is 0.353. The molecule has 0 fully saturated rings. The van der Waals surface area contributed by atoms with E-state index in [2.05, 4.69) is 9.97 Å². The molecule has 2 rings (SSSR count). The highest BCUT2D eigenvalue weighted by molar-refractivity contribution is 5.92. The number of carbonyl (C=O) groups is 1. The zero-order valence-corrected chi connectivity index (χ0v) is 13.6. The second kappa shape index (κ2) is 6.98. The lowest BCUT2D eigenvalue weighted by molar-refractivity contribution is -0.137. The number of aryl methyl sites for hydroxylation is 1. The van der Waals surface area contributed by atoms with Gasteiger partial charge >= 0.3 is 6.18 Å². The number of rotatable bonds is 4. The summed E-state index contributed by atoms with van der Waals surface area (Å²) < 4.78 is 38.6. The normalized spacial score (nSPS) is 12.8. The SMILES string of the molecule is CCN(C(=O)c1cnc(C)cn1)[C@@H](C)c1cccc(C(F)(F)F)c1. The summed E-state index contributed by atoms with van der Waals surface area (Å²) in [5.74, 6) is -0.366. The average molecular weight is 337 g/mol. The lowest BCUT2D eigenvalue weighted by Gasteiger charge is -2.28. The Bertz CT molecular complexity index is 714. The van der Waals surface area contributed by atoms with E-state index in [4.69, 9.17) is 0 Å². The molecule has 0 aliphatic rings.